The molecule has 3 amide bonds. The first-order valence-corrected chi connectivity index (χ1v) is 10.1. The number of anilines is 1. The predicted molar refractivity (Wildman–Crippen MR) is 111 cm³/mol. The Morgan fingerprint density at radius 2 is 1.90 bits per heavy atom. The van der Waals surface area contributed by atoms with Gasteiger partial charge in [-0.25, -0.2) is 4.79 Å². The molecule has 4 rings (SSSR count). The molecular formula is C23H22N2O6. The van der Waals surface area contributed by atoms with E-state index in [1.807, 2.05) is 19.1 Å². The molecule has 0 unspecified atom stereocenters. The molecule has 8 heteroatoms. The molecule has 2 heterocycles. The first kappa shape index (κ1) is 20.7. The number of aryl methyl sites for hydroxylation is 1. The molecule has 2 aliphatic rings. The average Bonchev–Trinajstić information content (AvgIpc) is 3.36. The summed E-state index contributed by atoms with van der Waals surface area (Å²) < 4.78 is 10.6. The number of fused-ring (bicyclic) bond motifs is 1. The number of ether oxygens (including phenoxy) is 2. The highest BCUT2D eigenvalue weighted by Gasteiger charge is 2.38. The fraction of sp³-hybridized carbons (Fsp3) is 0.304. The molecule has 0 spiro atoms. The monoisotopic (exact) mass is 422 g/mol. The number of amides is 3. The van der Waals surface area contributed by atoms with E-state index >= 15 is 0 Å². The molecular weight excluding hydrogens is 400 g/mol. The van der Waals surface area contributed by atoms with Crippen LogP contribution in [0.3, 0.4) is 0 Å². The maximum Gasteiger partial charge on any atom is 0.338 e. The highest BCUT2D eigenvalue weighted by atomic mass is 16.5. The molecule has 2 aromatic rings. The van der Waals surface area contributed by atoms with Crippen molar-refractivity contribution >= 4 is 29.4 Å². The summed E-state index contributed by atoms with van der Waals surface area (Å²) in [5.41, 5.74) is 2.02. The van der Waals surface area contributed by atoms with E-state index in [1.165, 1.54) is 18.2 Å². The van der Waals surface area contributed by atoms with Crippen molar-refractivity contribution < 1.29 is 28.7 Å². The van der Waals surface area contributed by atoms with E-state index < -0.39 is 30.3 Å². The fourth-order valence-corrected chi connectivity index (χ4v) is 3.69. The van der Waals surface area contributed by atoms with Gasteiger partial charge in [0.25, 0.3) is 17.7 Å². The van der Waals surface area contributed by atoms with Gasteiger partial charge >= 0.3 is 5.97 Å². The second-order valence-corrected chi connectivity index (χ2v) is 7.56. The molecule has 0 bridgehead atoms. The van der Waals surface area contributed by atoms with Crippen molar-refractivity contribution in [3.63, 3.8) is 0 Å². The van der Waals surface area contributed by atoms with Gasteiger partial charge in [-0.1, -0.05) is 18.2 Å². The van der Waals surface area contributed by atoms with Gasteiger partial charge < -0.3 is 14.8 Å². The van der Waals surface area contributed by atoms with E-state index in [1.54, 1.807) is 12.1 Å². The van der Waals surface area contributed by atoms with E-state index in [-0.39, 0.29) is 29.3 Å². The second-order valence-electron chi connectivity index (χ2n) is 7.56. The summed E-state index contributed by atoms with van der Waals surface area (Å²) in [5.74, 6) is -2.08. The van der Waals surface area contributed by atoms with Crippen LogP contribution in [0, 0.1) is 6.92 Å². The van der Waals surface area contributed by atoms with Crippen molar-refractivity contribution in [2.24, 2.45) is 0 Å². The summed E-state index contributed by atoms with van der Waals surface area (Å²) in [6.45, 7) is 2.21. The van der Waals surface area contributed by atoms with Gasteiger partial charge in [-0.05, 0) is 49.6 Å². The summed E-state index contributed by atoms with van der Waals surface area (Å²) in [5, 5.41) is 2.68. The van der Waals surface area contributed by atoms with Crippen LogP contribution < -0.4 is 5.32 Å². The van der Waals surface area contributed by atoms with Crippen molar-refractivity contribution in [3.8, 4) is 0 Å². The molecule has 1 fully saturated rings. The molecule has 1 atom stereocenters. The topological polar surface area (TPSA) is 102 Å². The van der Waals surface area contributed by atoms with Crippen LogP contribution in [0.2, 0.25) is 0 Å². The molecule has 2 aliphatic heterocycles. The van der Waals surface area contributed by atoms with Crippen LogP contribution in [0.15, 0.2) is 42.5 Å². The quantitative estimate of drug-likeness (QED) is 0.567. The third-order valence-electron chi connectivity index (χ3n) is 5.37. The van der Waals surface area contributed by atoms with Gasteiger partial charge in [0.1, 0.15) is 0 Å². The fourth-order valence-electron chi connectivity index (χ4n) is 3.69. The van der Waals surface area contributed by atoms with Crippen LogP contribution in [-0.4, -0.2) is 54.5 Å². The number of hydrogen-bond donors (Lipinski definition) is 1. The maximum atomic E-state index is 12.7. The number of rotatable bonds is 6. The Bertz CT molecular complexity index is 1060. The van der Waals surface area contributed by atoms with Gasteiger partial charge in [0, 0.05) is 12.3 Å². The first-order chi connectivity index (χ1) is 14.9. The summed E-state index contributed by atoms with van der Waals surface area (Å²) in [7, 11) is 0. The van der Waals surface area contributed by atoms with Crippen LogP contribution in [0.1, 0.15) is 49.5 Å². The van der Waals surface area contributed by atoms with Crippen molar-refractivity contribution in [1.29, 1.82) is 0 Å². The van der Waals surface area contributed by atoms with E-state index in [2.05, 4.69) is 5.32 Å². The average molecular weight is 422 g/mol. The van der Waals surface area contributed by atoms with E-state index in [0.717, 1.165) is 23.3 Å². The molecule has 8 nitrogen and oxygen atoms in total. The Kier molecular flexibility index (Phi) is 5.81. The molecule has 31 heavy (non-hydrogen) atoms. The second kappa shape index (κ2) is 8.69. The van der Waals surface area contributed by atoms with Crippen molar-refractivity contribution in [1.82, 2.24) is 4.90 Å². The number of carbonyl (C=O) groups excluding carboxylic acids is 4. The zero-order valence-electron chi connectivity index (χ0n) is 17.1. The number of hydrogen-bond acceptors (Lipinski definition) is 6. The molecule has 0 radical (unpaired) electrons. The number of imide groups is 1. The van der Waals surface area contributed by atoms with Gasteiger partial charge in [-0.3, -0.25) is 19.3 Å². The van der Waals surface area contributed by atoms with Gasteiger partial charge in [-0.15, -0.1) is 0 Å². The van der Waals surface area contributed by atoms with Crippen LogP contribution >= 0.6 is 0 Å². The minimum atomic E-state index is -0.749. The van der Waals surface area contributed by atoms with E-state index in [9.17, 15) is 19.2 Å². The molecule has 1 N–H and O–H groups in total. The molecule has 0 saturated carbocycles. The zero-order valence-corrected chi connectivity index (χ0v) is 17.1. The summed E-state index contributed by atoms with van der Waals surface area (Å²) >= 11 is 0. The summed E-state index contributed by atoms with van der Waals surface area (Å²) in [4.78, 5) is 50.9. The van der Waals surface area contributed by atoms with Gasteiger partial charge in [0.15, 0.2) is 6.61 Å². The number of carbonyl (C=O) groups is 4. The number of nitrogens with one attached hydrogen (secondary N) is 1. The molecule has 0 aliphatic carbocycles. The summed E-state index contributed by atoms with van der Waals surface area (Å²) in [6.07, 6.45) is 1.55. The van der Waals surface area contributed by atoms with Crippen LogP contribution in [-0.2, 0) is 14.3 Å². The zero-order chi connectivity index (χ0) is 22.0. The van der Waals surface area contributed by atoms with Crippen LogP contribution in [0.25, 0.3) is 0 Å². The minimum absolute atomic E-state index is 0.0996. The van der Waals surface area contributed by atoms with Crippen LogP contribution in [0.4, 0.5) is 5.69 Å². The van der Waals surface area contributed by atoms with Gasteiger partial charge in [-0.2, -0.15) is 0 Å². The standard InChI is InChI=1S/C23H22N2O6/c1-14-5-2-3-7-19(14)24-20(26)13-31-23(29)15-8-9-17-18(11-15)22(28)25(21(17)27)12-16-6-4-10-30-16/h2-3,5,7-9,11,16H,4,6,10,12-13H2,1H3,(H,24,26)/t16-/m1/s1. The third kappa shape index (κ3) is 4.34. The normalized spacial score (nSPS) is 17.6. The lowest BCUT2D eigenvalue weighted by Crippen LogP contribution is -2.36. The van der Waals surface area contributed by atoms with Crippen LogP contribution in [0.5, 0.6) is 0 Å². The SMILES string of the molecule is Cc1ccccc1NC(=O)COC(=O)c1ccc2c(c1)C(=O)N(C[C@H]1CCCO1)C2=O. The minimum Gasteiger partial charge on any atom is -0.452 e. The lowest BCUT2D eigenvalue weighted by atomic mass is 10.1. The number of benzene rings is 2. The smallest absolute Gasteiger partial charge is 0.338 e. The lowest BCUT2D eigenvalue weighted by Gasteiger charge is -2.17. The maximum absolute atomic E-state index is 12.7. The van der Waals surface area contributed by atoms with E-state index in [0.29, 0.717) is 12.3 Å². The molecule has 160 valence electrons. The number of para-hydroxylation sites is 1. The largest absolute Gasteiger partial charge is 0.452 e. The lowest BCUT2D eigenvalue weighted by molar-refractivity contribution is -0.119. The van der Waals surface area contributed by atoms with Crippen molar-refractivity contribution in [2.45, 2.75) is 25.9 Å². The summed E-state index contributed by atoms with van der Waals surface area (Å²) in [6, 6.07) is 11.4. The van der Waals surface area contributed by atoms with E-state index in [4.69, 9.17) is 9.47 Å². The van der Waals surface area contributed by atoms with Gasteiger partial charge in [0.05, 0.1) is 29.3 Å². The number of esters is 1. The Hall–Kier alpha value is -3.52. The molecule has 0 aromatic heterocycles. The highest BCUT2D eigenvalue weighted by molar-refractivity contribution is 6.22. The Morgan fingerprint density at radius 3 is 2.65 bits per heavy atom. The molecule has 1 saturated heterocycles. The third-order valence-corrected chi connectivity index (χ3v) is 5.37. The van der Waals surface area contributed by atoms with Crippen molar-refractivity contribution in [3.05, 3.63) is 64.7 Å². The number of nitrogens with zero attached hydrogens (tertiary/aromatic N) is 1. The predicted octanol–water partition coefficient (Wildman–Crippen LogP) is 2.57. The molecule has 2 aromatic carbocycles. The van der Waals surface area contributed by atoms with Crippen molar-refractivity contribution in [2.75, 3.05) is 25.1 Å². The first-order valence-electron chi connectivity index (χ1n) is 10.1. The van der Waals surface area contributed by atoms with Gasteiger partial charge in [0.2, 0.25) is 0 Å². The Labute approximate surface area is 179 Å². The Balaban J connectivity index is 1.39. The Morgan fingerprint density at radius 1 is 1.13 bits per heavy atom. The highest BCUT2D eigenvalue weighted by Crippen LogP contribution is 2.26.